The highest BCUT2D eigenvalue weighted by Gasteiger charge is 1.96. The fraction of sp³-hybridized carbons (Fsp3) is 0.600. The van der Waals surface area contributed by atoms with E-state index < -0.39 is 0 Å². The molecular formula is C20H29. The minimum absolute atomic E-state index is 0.734. The van der Waals surface area contributed by atoms with Crippen molar-refractivity contribution in [2.75, 3.05) is 0 Å². The molecule has 0 amide bonds. The Morgan fingerprint density at radius 1 is 0.750 bits per heavy atom. The molecule has 0 nitrogen and oxygen atoms in total. The third-order valence-electron chi connectivity index (χ3n) is 3.88. The van der Waals surface area contributed by atoms with Crippen LogP contribution in [0.3, 0.4) is 0 Å². The molecule has 1 rings (SSSR count). The van der Waals surface area contributed by atoms with Crippen LogP contribution >= 0.6 is 0 Å². The van der Waals surface area contributed by atoms with E-state index in [1.807, 2.05) is 0 Å². The molecule has 0 heterocycles. The van der Waals surface area contributed by atoms with Gasteiger partial charge in [-0.2, -0.15) is 0 Å². The summed E-state index contributed by atoms with van der Waals surface area (Å²) in [6.07, 6.45) is 20.9. The van der Waals surface area contributed by atoms with E-state index in [4.69, 9.17) is 6.42 Å². The fourth-order valence-electron chi connectivity index (χ4n) is 2.54. The average molecular weight is 269 g/mol. The van der Waals surface area contributed by atoms with E-state index in [1.54, 1.807) is 0 Å². The van der Waals surface area contributed by atoms with Crippen molar-refractivity contribution in [1.82, 2.24) is 0 Å². The molecule has 20 heavy (non-hydrogen) atoms. The molecule has 0 fully saturated rings. The van der Waals surface area contributed by atoms with Gasteiger partial charge in [0, 0.05) is 6.42 Å². The van der Waals surface area contributed by atoms with Crippen LogP contribution in [0, 0.1) is 12.3 Å². The summed E-state index contributed by atoms with van der Waals surface area (Å²) < 4.78 is 0. The van der Waals surface area contributed by atoms with Gasteiger partial charge >= 0.3 is 0 Å². The Balaban J connectivity index is 2.06. The van der Waals surface area contributed by atoms with Gasteiger partial charge in [0.2, 0.25) is 0 Å². The Kier molecular flexibility index (Phi) is 9.76. The van der Waals surface area contributed by atoms with Crippen molar-refractivity contribution < 1.29 is 0 Å². The zero-order chi connectivity index (χ0) is 14.5. The monoisotopic (exact) mass is 269 g/mol. The van der Waals surface area contributed by atoms with Crippen molar-refractivity contribution in [3.63, 3.8) is 0 Å². The van der Waals surface area contributed by atoms with Crippen LogP contribution < -0.4 is 0 Å². The standard InChI is InChI=1S/C20H29/c1-3-5-7-8-9-10-11-12-14-20-17-15-19(16-18-20)13-6-4-2/h15-18H,3,5-14H2,1H3. The van der Waals surface area contributed by atoms with Gasteiger partial charge in [0.25, 0.3) is 0 Å². The first-order valence-corrected chi connectivity index (χ1v) is 8.34. The second kappa shape index (κ2) is 11.6. The van der Waals surface area contributed by atoms with Gasteiger partial charge in [0.15, 0.2) is 0 Å². The maximum absolute atomic E-state index is 6.93. The van der Waals surface area contributed by atoms with Crippen molar-refractivity contribution in [3.8, 4) is 5.92 Å². The van der Waals surface area contributed by atoms with Crippen molar-refractivity contribution in [1.29, 1.82) is 0 Å². The molecule has 0 aromatic heterocycles. The number of hydrogen-bond donors (Lipinski definition) is 0. The Morgan fingerprint density at radius 3 is 1.80 bits per heavy atom. The lowest BCUT2D eigenvalue weighted by molar-refractivity contribution is 0.575. The van der Waals surface area contributed by atoms with Crippen LogP contribution in [0.4, 0.5) is 0 Å². The number of rotatable bonds is 11. The molecule has 0 saturated heterocycles. The van der Waals surface area contributed by atoms with Gasteiger partial charge in [-0.15, -0.1) is 0 Å². The maximum atomic E-state index is 6.93. The summed E-state index contributed by atoms with van der Waals surface area (Å²) in [5, 5.41) is 0. The molecule has 0 aliphatic carbocycles. The smallest absolute Gasteiger partial charge is 0.0139 e. The first-order valence-electron chi connectivity index (χ1n) is 8.34. The van der Waals surface area contributed by atoms with Crippen molar-refractivity contribution in [2.24, 2.45) is 0 Å². The highest BCUT2D eigenvalue weighted by Crippen LogP contribution is 2.12. The van der Waals surface area contributed by atoms with E-state index in [1.165, 1.54) is 68.9 Å². The Morgan fingerprint density at radius 2 is 1.25 bits per heavy atom. The van der Waals surface area contributed by atoms with E-state index in [0.717, 1.165) is 12.8 Å². The van der Waals surface area contributed by atoms with E-state index >= 15 is 0 Å². The molecule has 0 saturated carbocycles. The second-order valence-electron chi connectivity index (χ2n) is 5.72. The van der Waals surface area contributed by atoms with Gasteiger partial charge in [0.05, 0.1) is 0 Å². The molecule has 1 aromatic carbocycles. The minimum Gasteiger partial charge on any atom is -0.0888 e. The van der Waals surface area contributed by atoms with Crippen molar-refractivity contribution in [2.45, 2.75) is 77.6 Å². The molecule has 0 heteroatoms. The van der Waals surface area contributed by atoms with Crippen LogP contribution in [0.15, 0.2) is 24.3 Å². The maximum Gasteiger partial charge on any atom is 0.0139 e. The largest absolute Gasteiger partial charge is 0.0888 e. The van der Waals surface area contributed by atoms with Gasteiger partial charge in [-0.25, -0.2) is 0 Å². The molecule has 1 aromatic rings. The molecule has 0 N–H and O–H groups in total. The topological polar surface area (TPSA) is 0 Å². The van der Waals surface area contributed by atoms with Gasteiger partial charge in [0.1, 0.15) is 0 Å². The zero-order valence-corrected chi connectivity index (χ0v) is 13.1. The van der Waals surface area contributed by atoms with E-state index in [9.17, 15) is 0 Å². The summed E-state index contributed by atoms with van der Waals surface area (Å²) in [7, 11) is 0. The predicted octanol–water partition coefficient (Wildman–Crippen LogP) is 5.89. The van der Waals surface area contributed by atoms with Crippen LogP contribution in [0.5, 0.6) is 0 Å². The summed E-state index contributed by atoms with van der Waals surface area (Å²) in [6.45, 7) is 2.27. The lowest BCUT2D eigenvalue weighted by Gasteiger charge is -2.04. The summed E-state index contributed by atoms with van der Waals surface area (Å²) >= 11 is 0. The number of aryl methyl sites for hydroxylation is 2. The van der Waals surface area contributed by atoms with Crippen LogP contribution in [-0.4, -0.2) is 0 Å². The number of benzene rings is 1. The third-order valence-corrected chi connectivity index (χ3v) is 3.88. The van der Waals surface area contributed by atoms with Crippen LogP contribution in [0.2, 0.25) is 0 Å². The molecule has 0 aliphatic heterocycles. The molecule has 0 bridgehead atoms. The molecule has 0 spiro atoms. The molecule has 0 atom stereocenters. The average Bonchev–Trinajstić information content (AvgIpc) is 2.49. The molecule has 109 valence electrons. The third kappa shape index (κ3) is 8.05. The summed E-state index contributed by atoms with van der Waals surface area (Å²) in [5.74, 6) is 2.45. The molecular weight excluding hydrogens is 240 g/mol. The fourth-order valence-corrected chi connectivity index (χ4v) is 2.54. The summed E-state index contributed by atoms with van der Waals surface area (Å²) in [6, 6.07) is 8.91. The minimum atomic E-state index is 0.734. The van der Waals surface area contributed by atoms with Gasteiger partial charge in [-0.3, -0.25) is 0 Å². The molecule has 1 radical (unpaired) electrons. The summed E-state index contributed by atoms with van der Waals surface area (Å²) in [4.78, 5) is 0. The number of hydrogen-bond acceptors (Lipinski definition) is 0. The van der Waals surface area contributed by atoms with E-state index in [0.29, 0.717) is 0 Å². The van der Waals surface area contributed by atoms with Gasteiger partial charge in [-0.1, -0.05) is 82.1 Å². The van der Waals surface area contributed by atoms with Gasteiger partial charge < -0.3 is 0 Å². The van der Waals surface area contributed by atoms with Gasteiger partial charge in [-0.05, 0) is 36.8 Å². The Hall–Kier alpha value is -1.22. The highest BCUT2D eigenvalue weighted by molar-refractivity contribution is 5.23. The molecule has 0 unspecified atom stereocenters. The van der Waals surface area contributed by atoms with Crippen LogP contribution in [-0.2, 0) is 12.8 Å². The lowest BCUT2D eigenvalue weighted by Crippen LogP contribution is -1.89. The predicted molar refractivity (Wildman–Crippen MR) is 88.2 cm³/mol. The van der Waals surface area contributed by atoms with E-state index in [2.05, 4.69) is 37.1 Å². The highest BCUT2D eigenvalue weighted by atomic mass is 14.0. The Labute approximate surface area is 126 Å². The second-order valence-corrected chi connectivity index (χ2v) is 5.72. The zero-order valence-electron chi connectivity index (χ0n) is 13.1. The van der Waals surface area contributed by atoms with Crippen molar-refractivity contribution in [3.05, 3.63) is 41.8 Å². The first kappa shape index (κ1) is 16.8. The normalized spacial score (nSPS) is 10.4. The van der Waals surface area contributed by atoms with Crippen LogP contribution in [0.1, 0.15) is 75.8 Å². The van der Waals surface area contributed by atoms with Crippen molar-refractivity contribution >= 4 is 0 Å². The lowest BCUT2D eigenvalue weighted by atomic mass is 10.0. The number of unbranched alkanes of at least 4 members (excludes halogenated alkanes) is 7. The van der Waals surface area contributed by atoms with E-state index in [-0.39, 0.29) is 0 Å². The Bertz CT molecular complexity index is 366. The summed E-state index contributed by atoms with van der Waals surface area (Å²) in [5.41, 5.74) is 2.78. The quantitative estimate of drug-likeness (QED) is 0.347. The first-order chi connectivity index (χ1) is 9.86. The molecule has 0 aliphatic rings. The van der Waals surface area contributed by atoms with Crippen LogP contribution in [0.25, 0.3) is 0 Å². The SMILES string of the molecule is [C]#CCCc1ccc(CCCCCCCCCC)cc1.